The van der Waals surface area contributed by atoms with Crippen LogP contribution in [0.3, 0.4) is 0 Å². The van der Waals surface area contributed by atoms with Crippen molar-refractivity contribution in [3.63, 3.8) is 0 Å². The molecule has 0 amide bonds. The normalized spacial score (nSPS) is 14.9. The van der Waals surface area contributed by atoms with Crippen molar-refractivity contribution in [2.45, 2.75) is 25.4 Å². The zero-order chi connectivity index (χ0) is 11.9. The van der Waals surface area contributed by atoms with Gasteiger partial charge in [0.1, 0.15) is 0 Å². The minimum Gasteiger partial charge on any atom is -0.389 e. The number of methoxy groups -OCH3 is 1. The van der Waals surface area contributed by atoms with E-state index in [2.05, 4.69) is 22.1 Å². The monoisotopic (exact) mass is 243 g/mol. The van der Waals surface area contributed by atoms with E-state index in [9.17, 15) is 5.11 Å². The van der Waals surface area contributed by atoms with E-state index in [4.69, 9.17) is 4.74 Å². The van der Waals surface area contributed by atoms with Gasteiger partial charge in [0.15, 0.2) is 0 Å². The molecule has 0 aromatic carbocycles. The molecule has 0 fully saturated rings. The summed E-state index contributed by atoms with van der Waals surface area (Å²) >= 11 is 1.72. The summed E-state index contributed by atoms with van der Waals surface area (Å²) in [7, 11) is 1.65. The molecule has 3 nitrogen and oxygen atoms in total. The summed E-state index contributed by atoms with van der Waals surface area (Å²) in [6.07, 6.45) is 1.68. The van der Waals surface area contributed by atoms with Gasteiger partial charge in [-0.3, -0.25) is 0 Å². The zero-order valence-electron chi connectivity index (χ0n) is 10.0. The highest BCUT2D eigenvalue weighted by molar-refractivity contribution is 7.07. The molecule has 0 aliphatic heterocycles. The van der Waals surface area contributed by atoms with Crippen molar-refractivity contribution in [1.82, 2.24) is 5.32 Å². The number of rotatable bonds is 8. The van der Waals surface area contributed by atoms with Crippen LogP contribution in [-0.4, -0.2) is 37.5 Å². The maximum Gasteiger partial charge on any atom is 0.0765 e. The molecule has 0 radical (unpaired) electrons. The van der Waals surface area contributed by atoms with Gasteiger partial charge in [0.2, 0.25) is 0 Å². The van der Waals surface area contributed by atoms with Crippen LogP contribution >= 0.6 is 11.3 Å². The third-order valence-electron chi connectivity index (χ3n) is 2.52. The Labute approximate surface area is 101 Å². The van der Waals surface area contributed by atoms with Crippen molar-refractivity contribution in [2.75, 3.05) is 26.8 Å². The Bertz CT molecular complexity index is 273. The minimum absolute atomic E-state index is 0.596. The molecule has 1 unspecified atom stereocenters. The van der Waals surface area contributed by atoms with Gasteiger partial charge >= 0.3 is 0 Å². The quantitative estimate of drug-likeness (QED) is 0.682. The van der Waals surface area contributed by atoms with Crippen LogP contribution < -0.4 is 5.32 Å². The molecule has 0 bridgehead atoms. The lowest BCUT2D eigenvalue weighted by Crippen LogP contribution is -2.39. The topological polar surface area (TPSA) is 41.5 Å². The summed E-state index contributed by atoms with van der Waals surface area (Å²) in [6.45, 7) is 3.95. The maximum absolute atomic E-state index is 9.96. The Morgan fingerprint density at radius 1 is 1.56 bits per heavy atom. The molecule has 1 aromatic heterocycles. The Morgan fingerprint density at radius 2 is 2.38 bits per heavy atom. The first-order chi connectivity index (χ1) is 7.64. The van der Waals surface area contributed by atoms with Crippen molar-refractivity contribution >= 4 is 11.3 Å². The van der Waals surface area contributed by atoms with Crippen molar-refractivity contribution in [3.05, 3.63) is 22.4 Å². The predicted octanol–water partition coefficient (Wildman–Crippen LogP) is 1.67. The lowest BCUT2D eigenvalue weighted by atomic mass is 10.0. The summed E-state index contributed by atoms with van der Waals surface area (Å²) in [5.74, 6) is 0. The second kappa shape index (κ2) is 7.01. The number of hydrogen-bond donors (Lipinski definition) is 2. The number of thiophene rings is 1. The number of hydrogen-bond acceptors (Lipinski definition) is 4. The van der Waals surface area contributed by atoms with Crippen molar-refractivity contribution in [1.29, 1.82) is 0 Å². The molecule has 92 valence electrons. The maximum atomic E-state index is 9.96. The first kappa shape index (κ1) is 13.6. The van der Waals surface area contributed by atoms with E-state index in [1.54, 1.807) is 18.4 Å². The molecule has 0 aliphatic carbocycles. The van der Waals surface area contributed by atoms with Crippen LogP contribution in [-0.2, 0) is 11.2 Å². The van der Waals surface area contributed by atoms with E-state index in [0.29, 0.717) is 19.6 Å². The van der Waals surface area contributed by atoms with Gasteiger partial charge in [-0.2, -0.15) is 11.3 Å². The minimum atomic E-state index is -0.676. The van der Waals surface area contributed by atoms with Crippen molar-refractivity contribution < 1.29 is 9.84 Å². The van der Waals surface area contributed by atoms with E-state index in [1.807, 2.05) is 6.92 Å². The van der Waals surface area contributed by atoms with Gasteiger partial charge < -0.3 is 15.2 Å². The average molecular weight is 243 g/mol. The molecule has 0 saturated heterocycles. The van der Waals surface area contributed by atoms with Gasteiger partial charge in [-0.05, 0) is 42.3 Å². The van der Waals surface area contributed by atoms with Gasteiger partial charge in [-0.1, -0.05) is 0 Å². The van der Waals surface area contributed by atoms with Crippen LogP contribution in [0, 0.1) is 0 Å². The summed E-state index contributed by atoms with van der Waals surface area (Å²) < 4.78 is 4.96. The third kappa shape index (κ3) is 5.61. The van der Waals surface area contributed by atoms with E-state index >= 15 is 0 Å². The van der Waals surface area contributed by atoms with E-state index < -0.39 is 5.60 Å². The molecule has 0 aliphatic rings. The van der Waals surface area contributed by atoms with E-state index in [1.165, 1.54) is 5.56 Å². The summed E-state index contributed by atoms with van der Waals surface area (Å²) in [4.78, 5) is 0. The standard InChI is InChI=1S/C12H21NO2S/c1-12(14,5-7-15-2)10-13-6-3-11-4-8-16-9-11/h4,8-9,13-14H,3,5-7,10H2,1-2H3. The third-order valence-corrected chi connectivity index (χ3v) is 3.25. The highest BCUT2D eigenvalue weighted by atomic mass is 32.1. The second-order valence-electron chi connectivity index (χ2n) is 4.30. The number of nitrogens with one attached hydrogen (secondary N) is 1. The van der Waals surface area contributed by atoms with Crippen LogP contribution in [0.1, 0.15) is 18.9 Å². The predicted molar refractivity (Wildman–Crippen MR) is 68.0 cm³/mol. The van der Waals surface area contributed by atoms with Crippen molar-refractivity contribution in [3.8, 4) is 0 Å². The molecule has 0 saturated carbocycles. The molecule has 4 heteroatoms. The molecule has 0 spiro atoms. The molecule has 1 heterocycles. The molecule has 1 rings (SSSR count). The largest absolute Gasteiger partial charge is 0.389 e. The average Bonchev–Trinajstić information content (AvgIpc) is 2.75. The molecule has 16 heavy (non-hydrogen) atoms. The van der Waals surface area contributed by atoms with Crippen LogP contribution in [0.15, 0.2) is 16.8 Å². The SMILES string of the molecule is COCCC(C)(O)CNCCc1ccsc1. The Hall–Kier alpha value is -0.420. The van der Waals surface area contributed by atoms with Gasteiger partial charge in [-0.15, -0.1) is 0 Å². The summed E-state index contributed by atoms with van der Waals surface area (Å²) in [5.41, 5.74) is 0.680. The lowest BCUT2D eigenvalue weighted by molar-refractivity contribution is 0.0252. The van der Waals surface area contributed by atoms with Crippen LogP contribution in [0.25, 0.3) is 0 Å². The highest BCUT2D eigenvalue weighted by Gasteiger charge is 2.18. The first-order valence-corrected chi connectivity index (χ1v) is 6.51. The first-order valence-electron chi connectivity index (χ1n) is 5.57. The fourth-order valence-electron chi connectivity index (χ4n) is 1.44. The smallest absolute Gasteiger partial charge is 0.0765 e. The van der Waals surface area contributed by atoms with Crippen molar-refractivity contribution in [2.24, 2.45) is 0 Å². The highest BCUT2D eigenvalue weighted by Crippen LogP contribution is 2.08. The molecular weight excluding hydrogens is 222 g/mol. The van der Waals surface area contributed by atoms with Gasteiger partial charge in [0.05, 0.1) is 5.60 Å². The van der Waals surface area contributed by atoms with Crippen LogP contribution in [0.5, 0.6) is 0 Å². The fourth-order valence-corrected chi connectivity index (χ4v) is 2.14. The van der Waals surface area contributed by atoms with Crippen LogP contribution in [0.2, 0.25) is 0 Å². The molecule has 1 aromatic rings. The van der Waals surface area contributed by atoms with Gasteiger partial charge in [-0.25, -0.2) is 0 Å². The summed E-state index contributed by atoms with van der Waals surface area (Å²) in [6, 6.07) is 2.13. The van der Waals surface area contributed by atoms with E-state index in [0.717, 1.165) is 13.0 Å². The molecular formula is C12H21NO2S. The van der Waals surface area contributed by atoms with E-state index in [-0.39, 0.29) is 0 Å². The Kier molecular flexibility index (Phi) is 5.98. The molecule has 2 N–H and O–H groups in total. The fraction of sp³-hybridized carbons (Fsp3) is 0.667. The second-order valence-corrected chi connectivity index (χ2v) is 5.08. The Balaban J connectivity index is 2.10. The lowest BCUT2D eigenvalue weighted by Gasteiger charge is -2.23. The zero-order valence-corrected chi connectivity index (χ0v) is 10.8. The summed E-state index contributed by atoms with van der Waals surface area (Å²) in [5, 5.41) is 17.5. The number of ether oxygens (including phenoxy) is 1. The molecule has 1 atom stereocenters. The van der Waals surface area contributed by atoms with Gasteiger partial charge in [0.25, 0.3) is 0 Å². The van der Waals surface area contributed by atoms with Gasteiger partial charge in [0, 0.05) is 26.7 Å². The van der Waals surface area contributed by atoms with Crippen LogP contribution in [0.4, 0.5) is 0 Å². The Morgan fingerprint density at radius 3 is 3.00 bits per heavy atom. The number of aliphatic hydroxyl groups is 1.